The van der Waals surface area contributed by atoms with E-state index in [1.54, 1.807) is 0 Å². The number of ether oxygens (including phenoxy) is 1. The molecule has 1 atom stereocenters. The molecule has 1 N–H and O–H groups in total. The minimum atomic E-state index is 0.539. The quantitative estimate of drug-likeness (QED) is 0.884. The van der Waals surface area contributed by atoms with Crippen LogP contribution in [0.5, 0.6) is 0 Å². The summed E-state index contributed by atoms with van der Waals surface area (Å²) in [5.74, 6) is 0.720. The summed E-state index contributed by atoms with van der Waals surface area (Å²) in [4.78, 5) is 0. The van der Waals surface area contributed by atoms with Crippen molar-refractivity contribution in [2.75, 3.05) is 19.8 Å². The smallest absolute Gasteiger partial charge is 0.0469 e. The van der Waals surface area contributed by atoms with Crippen LogP contribution in [0.2, 0.25) is 5.02 Å². The van der Waals surface area contributed by atoms with Crippen molar-refractivity contribution >= 4 is 11.6 Å². The van der Waals surface area contributed by atoms with Gasteiger partial charge in [0.25, 0.3) is 0 Å². The average Bonchev–Trinajstić information content (AvgIpc) is 2.39. The highest BCUT2D eigenvalue weighted by atomic mass is 35.5. The van der Waals surface area contributed by atoms with Gasteiger partial charge in [-0.1, -0.05) is 30.7 Å². The molecule has 3 heteroatoms. The van der Waals surface area contributed by atoms with Crippen molar-refractivity contribution in [2.24, 2.45) is 5.92 Å². The van der Waals surface area contributed by atoms with Crippen molar-refractivity contribution in [3.05, 3.63) is 34.9 Å². The van der Waals surface area contributed by atoms with Crippen LogP contribution in [-0.4, -0.2) is 25.8 Å². The zero-order chi connectivity index (χ0) is 12.8. The van der Waals surface area contributed by atoms with Crippen molar-refractivity contribution in [2.45, 2.75) is 32.2 Å². The maximum absolute atomic E-state index is 6.05. The second-order valence-corrected chi connectivity index (χ2v) is 5.38. The van der Waals surface area contributed by atoms with Crippen molar-refractivity contribution < 1.29 is 4.74 Å². The Balaban J connectivity index is 2.00. The molecule has 100 valence electrons. The molecule has 0 amide bonds. The minimum Gasteiger partial charge on any atom is -0.381 e. The summed E-state index contributed by atoms with van der Waals surface area (Å²) in [6.07, 6.45) is 3.38. The third-order valence-electron chi connectivity index (χ3n) is 3.65. The highest BCUT2D eigenvalue weighted by Gasteiger charge is 2.23. The summed E-state index contributed by atoms with van der Waals surface area (Å²) in [5, 5.41) is 4.45. The van der Waals surface area contributed by atoms with Crippen molar-refractivity contribution in [3.63, 3.8) is 0 Å². The first-order chi connectivity index (χ1) is 8.79. The van der Waals surface area contributed by atoms with Gasteiger partial charge >= 0.3 is 0 Å². The first kappa shape index (κ1) is 13.9. The number of nitrogens with one attached hydrogen (secondary N) is 1. The Morgan fingerprint density at radius 1 is 1.39 bits per heavy atom. The Morgan fingerprint density at radius 2 is 2.17 bits per heavy atom. The average molecular weight is 268 g/mol. The van der Waals surface area contributed by atoms with E-state index in [9.17, 15) is 0 Å². The standard InChI is InChI=1S/C15H22ClNO/c1-2-17-15(13-6-8-18-9-7-13)11-12-4-3-5-14(16)10-12/h3-5,10,13,15,17H,2,6-9,11H2,1H3. The summed E-state index contributed by atoms with van der Waals surface area (Å²) >= 11 is 6.05. The molecular weight excluding hydrogens is 246 g/mol. The van der Waals surface area contributed by atoms with Gasteiger partial charge in [-0.05, 0) is 49.4 Å². The molecule has 2 rings (SSSR count). The van der Waals surface area contributed by atoms with Gasteiger partial charge in [0.05, 0.1) is 0 Å². The Morgan fingerprint density at radius 3 is 2.83 bits per heavy atom. The number of halogens is 1. The number of rotatable bonds is 5. The van der Waals surface area contributed by atoms with Crippen LogP contribution in [0.4, 0.5) is 0 Å². The molecule has 1 saturated heterocycles. The van der Waals surface area contributed by atoms with Gasteiger partial charge in [-0.25, -0.2) is 0 Å². The largest absolute Gasteiger partial charge is 0.381 e. The maximum Gasteiger partial charge on any atom is 0.0469 e. The van der Waals surface area contributed by atoms with E-state index in [1.807, 2.05) is 12.1 Å². The number of hydrogen-bond donors (Lipinski definition) is 1. The summed E-state index contributed by atoms with van der Waals surface area (Å²) in [6, 6.07) is 8.74. The summed E-state index contributed by atoms with van der Waals surface area (Å²) < 4.78 is 5.45. The second kappa shape index (κ2) is 7.13. The number of hydrogen-bond acceptors (Lipinski definition) is 2. The third-order valence-corrected chi connectivity index (χ3v) is 3.88. The Bertz CT molecular complexity index is 363. The minimum absolute atomic E-state index is 0.539. The lowest BCUT2D eigenvalue weighted by Crippen LogP contribution is -2.40. The molecule has 1 aliphatic rings. The van der Waals surface area contributed by atoms with Gasteiger partial charge in [0.2, 0.25) is 0 Å². The van der Waals surface area contributed by atoms with Crippen LogP contribution in [-0.2, 0) is 11.2 Å². The third kappa shape index (κ3) is 3.98. The highest BCUT2D eigenvalue weighted by Crippen LogP contribution is 2.22. The fourth-order valence-corrected chi connectivity index (χ4v) is 2.92. The van der Waals surface area contributed by atoms with Gasteiger partial charge in [0.1, 0.15) is 0 Å². The lowest BCUT2D eigenvalue weighted by atomic mass is 9.87. The van der Waals surface area contributed by atoms with E-state index in [0.29, 0.717) is 6.04 Å². The highest BCUT2D eigenvalue weighted by molar-refractivity contribution is 6.30. The van der Waals surface area contributed by atoms with E-state index in [1.165, 1.54) is 5.56 Å². The predicted octanol–water partition coefficient (Wildman–Crippen LogP) is 3.29. The van der Waals surface area contributed by atoms with Crippen LogP contribution in [0.3, 0.4) is 0 Å². The van der Waals surface area contributed by atoms with Gasteiger partial charge < -0.3 is 10.1 Å². The molecule has 1 aromatic rings. The zero-order valence-corrected chi connectivity index (χ0v) is 11.7. The molecule has 1 aliphatic heterocycles. The normalized spacial score (nSPS) is 18.8. The van der Waals surface area contributed by atoms with E-state index in [4.69, 9.17) is 16.3 Å². The first-order valence-corrected chi connectivity index (χ1v) is 7.23. The van der Waals surface area contributed by atoms with Crippen LogP contribution < -0.4 is 5.32 Å². The van der Waals surface area contributed by atoms with E-state index in [-0.39, 0.29) is 0 Å². The summed E-state index contributed by atoms with van der Waals surface area (Å²) in [5.41, 5.74) is 1.32. The van der Waals surface area contributed by atoms with E-state index < -0.39 is 0 Å². The fourth-order valence-electron chi connectivity index (χ4n) is 2.70. The molecule has 0 saturated carbocycles. The molecule has 1 unspecified atom stereocenters. The van der Waals surface area contributed by atoms with Crippen LogP contribution in [0.25, 0.3) is 0 Å². The van der Waals surface area contributed by atoms with Crippen LogP contribution in [0, 0.1) is 5.92 Å². The van der Waals surface area contributed by atoms with Gasteiger partial charge in [-0.2, -0.15) is 0 Å². The number of likely N-dealkylation sites (N-methyl/N-ethyl adjacent to an activating group) is 1. The predicted molar refractivity (Wildman–Crippen MR) is 76.2 cm³/mol. The monoisotopic (exact) mass is 267 g/mol. The topological polar surface area (TPSA) is 21.3 Å². The van der Waals surface area contributed by atoms with E-state index >= 15 is 0 Å². The van der Waals surface area contributed by atoms with Gasteiger partial charge in [-0.3, -0.25) is 0 Å². The van der Waals surface area contributed by atoms with Crippen LogP contribution >= 0.6 is 11.6 Å². The lowest BCUT2D eigenvalue weighted by molar-refractivity contribution is 0.0540. The van der Waals surface area contributed by atoms with Crippen LogP contribution in [0.1, 0.15) is 25.3 Å². The first-order valence-electron chi connectivity index (χ1n) is 6.85. The van der Waals surface area contributed by atoms with Gasteiger partial charge in [0, 0.05) is 24.3 Å². The Hall–Kier alpha value is -0.570. The molecule has 18 heavy (non-hydrogen) atoms. The van der Waals surface area contributed by atoms with Gasteiger partial charge in [-0.15, -0.1) is 0 Å². The van der Waals surface area contributed by atoms with Crippen molar-refractivity contribution in [1.82, 2.24) is 5.32 Å². The SMILES string of the molecule is CCNC(Cc1cccc(Cl)c1)C1CCOCC1. The molecule has 1 aromatic carbocycles. The molecule has 0 bridgehead atoms. The summed E-state index contributed by atoms with van der Waals surface area (Å²) in [6.45, 7) is 5.00. The molecule has 1 fully saturated rings. The van der Waals surface area contributed by atoms with Crippen molar-refractivity contribution in [1.29, 1.82) is 0 Å². The maximum atomic E-state index is 6.05. The van der Waals surface area contributed by atoms with Crippen molar-refractivity contribution in [3.8, 4) is 0 Å². The summed E-state index contributed by atoms with van der Waals surface area (Å²) in [7, 11) is 0. The molecule has 0 aliphatic carbocycles. The molecular formula is C15H22ClNO. The molecule has 0 radical (unpaired) electrons. The van der Waals surface area contributed by atoms with E-state index in [2.05, 4.69) is 24.4 Å². The lowest BCUT2D eigenvalue weighted by Gasteiger charge is -2.31. The number of benzene rings is 1. The Kier molecular flexibility index (Phi) is 5.48. The second-order valence-electron chi connectivity index (χ2n) is 4.95. The molecule has 1 heterocycles. The van der Waals surface area contributed by atoms with Crippen LogP contribution in [0.15, 0.2) is 24.3 Å². The molecule has 2 nitrogen and oxygen atoms in total. The van der Waals surface area contributed by atoms with Gasteiger partial charge in [0.15, 0.2) is 0 Å². The van der Waals surface area contributed by atoms with E-state index in [0.717, 1.165) is 50.0 Å². The molecule has 0 spiro atoms. The zero-order valence-electron chi connectivity index (χ0n) is 11.0. The Labute approximate surface area is 115 Å². The molecule has 0 aromatic heterocycles. The fraction of sp³-hybridized carbons (Fsp3) is 0.600.